The molecule has 0 spiro atoms. The van der Waals surface area contributed by atoms with Gasteiger partial charge in [0.25, 0.3) is 0 Å². The zero-order valence-electron chi connectivity index (χ0n) is 11.2. The molecule has 0 fully saturated rings. The van der Waals surface area contributed by atoms with E-state index in [4.69, 9.17) is 5.11 Å². The van der Waals surface area contributed by atoms with Gasteiger partial charge in [-0.25, -0.2) is 4.79 Å². The molecule has 1 aromatic rings. The van der Waals surface area contributed by atoms with Crippen LogP contribution < -0.4 is 10.6 Å². The third kappa shape index (κ3) is 6.24. The molecule has 1 aromatic heterocycles. The Morgan fingerprint density at radius 2 is 2.16 bits per heavy atom. The first-order valence-corrected chi connectivity index (χ1v) is 7.14. The molecule has 106 valence electrons. The molecule has 2 amide bonds. The molecule has 1 atom stereocenters. The van der Waals surface area contributed by atoms with E-state index in [9.17, 15) is 9.59 Å². The Morgan fingerprint density at radius 1 is 1.42 bits per heavy atom. The number of aliphatic carboxylic acids is 1. The smallest absolute Gasteiger partial charge is 0.315 e. The van der Waals surface area contributed by atoms with E-state index in [0.717, 1.165) is 11.3 Å². The predicted molar refractivity (Wildman–Crippen MR) is 75.4 cm³/mol. The van der Waals surface area contributed by atoms with Crippen molar-refractivity contribution in [2.45, 2.75) is 45.7 Å². The van der Waals surface area contributed by atoms with Gasteiger partial charge in [-0.05, 0) is 25.5 Å². The minimum absolute atomic E-state index is 0.0423. The number of nitrogens with one attached hydrogen (secondary N) is 2. The molecule has 6 heteroatoms. The van der Waals surface area contributed by atoms with Crippen LogP contribution in [0.1, 0.15) is 35.9 Å². The van der Waals surface area contributed by atoms with Crippen molar-refractivity contribution in [2.75, 3.05) is 0 Å². The molecule has 0 saturated carbocycles. The Hall–Kier alpha value is -1.56. The standard InChI is InChI=1S/C13H20N2O3S/c1-3-4-10(7-12(16)17)15-13(18)14-8-11-6-5-9(2)19-11/h5-6,10H,3-4,7-8H2,1-2H3,(H,16,17)(H2,14,15,18). The number of carbonyl (C=O) groups excluding carboxylic acids is 1. The second-order valence-electron chi connectivity index (χ2n) is 4.42. The third-order valence-corrected chi connectivity index (χ3v) is 3.61. The van der Waals surface area contributed by atoms with Gasteiger partial charge in [-0.15, -0.1) is 11.3 Å². The summed E-state index contributed by atoms with van der Waals surface area (Å²) in [7, 11) is 0. The molecule has 0 aliphatic heterocycles. The predicted octanol–water partition coefficient (Wildman–Crippen LogP) is 2.50. The minimum Gasteiger partial charge on any atom is -0.481 e. The van der Waals surface area contributed by atoms with E-state index in [1.807, 2.05) is 26.0 Å². The second-order valence-corrected chi connectivity index (χ2v) is 5.80. The van der Waals surface area contributed by atoms with Crippen molar-refractivity contribution < 1.29 is 14.7 Å². The van der Waals surface area contributed by atoms with Gasteiger partial charge >= 0.3 is 12.0 Å². The largest absolute Gasteiger partial charge is 0.481 e. The van der Waals surface area contributed by atoms with E-state index in [2.05, 4.69) is 10.6 Å². The van der Waals surface area contributed by atoms with Gasteiger partial charge in [0.05, 0.1) is 13.0 Å². The van der Waals surface area contributed by atoms with Crippen LogP contribution in [0.2, 0.25) is 0 Å². The fourth-order valence-corrected chi connectivity index (χ4v) is 2.60. The normalized spacial score (nSPS) is 11.9. The van der Waals surface area contributed by atoms with Crippen molar-refractivity contribution in [3.8, 4) is 0 Å². The van der Waals surface area contributed by atoms with Crippen molar-refractivity contribution in [2.24, 2.45) is 0 Å². The highest BCUT2D eigenvalue weighted by atomic mass is 32.1. The van der Waals surface area contributed by atoms with Crippen molar-refractivity contribution in [1.29, 1.82) is 0 Å². The number of aryl methyl sites for hydroxylation is 1. The topological polar surface area (TPSA) is 78.4 Å². The first-order valence-electron chi connectivity index (χ1n) is 6.32. The quantitative estimate of drug-likeness (QED) is 0.720. The van der Waals surface area contributed by atoms with Gasteiger partial charge in [0.15, 0.2) is 0 Å². The SMILES string of the molecule is CCCC(CC(=O)O)NC(=O)NCc1ccc(C)s1. The van der Waals surface area contributed by atoms with E-state index in [-0.39, 0.29) is 18.5 Å². The maximum Gasteiger partial charge on any atom is 0.315 e. The molecular weight excluding hydrogens is 264 g/mol. The van der Waals surface area contributed by atoms with Crippen LogP contribution in [-0.4, -0.2) is 23.1 Å². The number of urea groups is 1. The Bertz CT molecular complexity index is 431. The fraction of sp³-hybridized carbons (Fsp3) is 0.538. The van der Waals surface area contributed by atoms with E-state index < -0.39 is 5.97 Å². The van der Waals surface area contributed by atoms with Gasteiger partial charge in [-0.2, -0.15) is 0 Å². The maximum absolute atomic E-state index is 11.7. The highest BCUT2D eigenvalue weighted by Crippen LogP contribution is 2.14. The summed E-state index contributed by atoms with van der Waals surface area (Å²) in [6.45, 7) is 4.44. The highest BCUT2D eigenvalue weighted by Gasteiger charge is 2.14. The third-order valence-electron chi connectivity index (χ3n) is 2.61. The number of carbonyl (C=O) groups is 2. The number of carboxylic acid groups (broad SMARTS) is 1. The van der Waals surface area contributed by atoms with Crippen LogP contribution in [0.25, 0.3) is 0 Å². The summed E-state index contributed by atoms with van der Waals surface area (Å²) in [6, 6.07) is 3.35. The molecule has 1 unspecified atom stereocenters. The Balaban J connectivity index is 2.37. The van der Waals surface area contributed by atoms with Crippen LogP contribution in [0.3, 0.4) is 0 Å². The van der Waals surface area contributed by atoms with Gasteiger partial charge in [-0.3, -0.25) is 4.79 Å². The maximum atomic E-state index is 11.7. The zero-order valence-corrected chi connectivity index (χ0v) is 12.0. The molecular formula is C13H20N2O3S. The number of hydrogen-bond acceptors (Lipinski definition) is 3. The van der Waals surface area contributed by atoms with E-state index >= 15 is 0 Å². The van der Waals surface area contributed by atoms with Gasteiger partial charge in [0, 0.05) is 15.8 Å². The van der Waals surface area contributed by atoms with Crippen LogP contribution in [0.15, 0.2) is 12.1 Å². The van der Waals surface area contributed by atoms with E-state index in [0.29, 0.717) is 13.0 Å². The first kappa shape index (κ1) is 15.5. The zero-order chi connectivity index (χ0) is 14.3. The van der Waals surface area contributed by atoms with Crippen molar-refractivity contribution >= 4 is 23.3 Å². The van der Waals surface area contributed by atoms with Crippen LogP contribution >= 0.6 is 11.3 Å². The number of carboxylic acids is 1. The minimum atomic E-state index is -0.896. The summed E-state index contributed by atoms with van der Waals surface area (Å²) in [4.78, 5) is 24.6. The molecule has 19 heavy (non-hydrogen) atoms. The molecule has 0 aliphatic rings. The number of hydrogen-bond donors (Lipinski definition) is 3. The number of amides is 2. The summed E-state index contributed by atoms with van der Waals surface area (Å²) >= 11 is 1.63. The number of thiophene rings is 1. The van der Waals surface area contributed by atoms with Crippen LogP contribution in [-0.2, 0) is 11.3 Å². The van der Waals surface area contributed by atoms with Crippen molar-refractivity contribution in [3.63, 3.8) is 0 Å². The lowest BCUT2D eigenvalue weighted by Crippen LogP contribution is -2.42. The molecule has 3 N–H and O–H groups in total. The van der Waals surface area contributed by atoms with Gasteiger partial charge in [-0.1, -0.05) is 13.3 Å². The fourth-order valence-electron chi connectivity index (χ4n) is 1.77. The van der Waals surface area contributed by atoms with Gasteiger partial charge < -0.3 is 15.7 Å². The van der Waals surface area contributed by atoms with E-state index in [1.165, 1.54) is 4.88 Å². The molecule has 1 heterocycles. The lowest BCUT2D eigenvalue weighted by Gasteiger charge is -2.16. The van der Waals surface area contributed by atoms with Crippen LogP contribution in [0, 0.1) is 6.92 Å². The summed E-state index contributed by atoms with van der Waals surface area (Å²) in [6.07, 6.45) is 1.46. The van der Waals surface area contributed by atoms with Crippen LogP contribution in [0.4, 0.5) is 4.79 Å². The second kappa shape index (κ2) is 7.78. The lowest BCUT2D eigenvalue weighted by molar-refractivity contribution is -0.137. The van der Waals surface area contributed by atoms with Crippen LogP contribution in [0.5, 0.6) is 0 Å². The average Bonchev–Trinajstić information content (AvgIpc) is 2.72. The summed E-state index contributed by atoms with van der Waals surface area (Å²) in [5, 5.41) is 14.2. The molecule has 0 aromatic carbocycles. The average molecular weight is 284 g/mol. The highest BCUT2D eigenvalue weighted by molar-refractivity contribution is 7.11. The molecule has 0 bridgehead atoms. The molecule has 5 nitrogen and oxygen atoms in total. The molecule has 0 radical (unpaired) electrons. The Morgan fingerprint density at radius 3 is 2.68 bits per heavy atom. The Labute approximate surface area is 117 Å². The van der Waals surface area contributed by atoms with Gasteiger partial charge in [0.1, 0.15) is 0 Å². The summed E-state index contributed by atoms with van der Waals surface area (Å²) < 4.78 is 0. The van der Waals surface area contributed by atoms with Gasteiger partial charge in [0.2, 0.25) is 0 Å². The molecule has 0 aliphatic carbocycles. The number of rotatable bonds is 7. The lowest BCUT2D eigenvalue weighted by atomic mass is 10.1. The van der Waals surface area contributed by atoms with Crippen molar-refractivity contribution in [3.05, 3.63) is 21.9 Å². The molecule has 1 rings (SSSR count). The van der Waals surface area contributed by atoms with Crippen molar-refractivity contribution in [1.82, 2.24) is 10.6 Å². The summed E-state index contributed by atoms with van der Waals surface area (Å²) in [5.74, 6) is -0.896. The molecule has 0 saturated heterocycles. The monoisotopic (exact) mass is 284 g/mol. The summed E-state index contributed by atoms with van der Waals surface area (Å²) in [5.41, 5.74) is 0. The Kier molecular flexibility index (Phi) is 6.35. The van der Waals surface area contributed by atoms with E-state index in [1.54, 1.807) is 11.3 Å². The first-order chi connectivity index (χ1) is 9.01.